The number of nitrogens with one attached hydrogen (secondary N) is 1. The van der Waals surface area contributed by atoms with E-state index < -0.39 is 12.0 Å². The van der Waals surface area contributed by atoms with E-state index in [-0.39, 0.29) is 6.42 Å². The fourth-order valence-corrected chi connectivity index (χ4v) is 1.23. The zero-order chi connectivity index (χ0) is 8.32. The van der Waals surface area contributed by atoms with Crippen molar-refractivity contribution in [1.82, 2.24) is 5.32 Å². The van der Waals surface area contributed by atoms with Gasteiger partial charge in [0.15, 0.2) is 0 Å². The molecule has 1 heterocycles. The molecule has 0 aromatic heterocycles. The number of aliphatic imine (C=N–C) groups is 1. The average Bonchev–Trinajstić information content (AvgIpc) is 2.36. The van der Waals surface area contributed by atoms with Crippen LogP contribution in [0.25, 0.3) is 0 Å². The molecule has 0 radical (unpaired) electrons. The van der Waals surface area contributed by atoms with E-state index in [0.717, 1.165) is 0 Å². The van der Waals surface area contributed by atoms with Gasteiger partial charge in [0.1, 0.15) is 0 Å². The van der Waals surface area contributed by atoms with Crippen molar-refractivity contribution >= 4 is 6.34 Å². The summed E-state index contributed by atoms with van der Waals surface area (Å²) in [6.07, 6.45) is -0.142. The highest BCUT2D eigenvalue weighted by Crippen LogP contribution is 2.22. The van der Waals surface area contributed by atoms with Crippen LogP contribution in [0.1, 0.15) is 19.8 Å². The van der Waals surface area contributed by atoms with E-state index in [0.29, 0.717) is 13.0 Å². The van der Waals surface area contributed by atoms with Crippen molar-refractivity contribution in [2.24, 2.45) is 4.99 Å². The highest BCUT2D eigenvalue weighted by Gasteiger charge is 2.32. The highest BCUT2D eigenvalue weighted by molar-refractivity contribution is 5.58. The molecule has 1 N–H and O–H groups in total. The molecule has 0 saturated carbocycles. The molecule has 0 fully saturated rings. The van der Waals surface area contributed by atoms with Crippen LogP contribution >= 0.6 is 0 Å². The van der Waals surface area contributed by atoms with Gasteiger partial charge in [0.2, 0.25) is 6.43 Å². The van der Waals surface area contributed by atoms with Crippen molar-refractivity contribution < 1.29 is 8.78 Å². The molecule has 0 spiro atoms. The molecule has 0 saturated heterocycles. The number of hydrogen-bond donors (Lipinski definition) is 1. The molecular weight excluding hydrogens is 150 g/mol. The Morgan fingerprint density at radius 1 is 1.73 bits per heavy atom. The van der Waals surface area contributed by atoms with Gasteiger partial charge in [0.25, 0.3) is 0 Å². The Labute approximate surface area is 64.7 Å². The molecule has 0 aromatic rings. The molecule has 11 heavy (non-hydrogen) atoms. The fourth-order valence-electron chi connectivity index (χ4n) is 1.23. The Morgan fingerprint density at radius 2 is 2.45 bits per heavy atom. The molecule has 4 heteroatoms. The Morgan fingerprint density at radius 3 is 2.82 bits per heavy atom. The highest BCUT2D eigenvalue weighted by atomic mass is 19.3. The first-order valence-corrected chi connectivity index (χ1v) is 3.73. The van der Waals surface area contributed by atoms with Crippen molar-refractivity contribution in [3.63, 3.8) is 0 Å². The summed E-state index contributed by atoms with van der Waals surface area (Å²) in [5.74, 6) is 0. The zero-order valence-corrected chi connectivity index (χ0v) is 6.48. The van der Waals surface area contributed by atoms with Crippen LogP contribution in [-0.2, 0) is 0 Å². The molecule has 1 unspecified atom stereocenters. The van der Waals surface area contributed by atoms with Gasteiger partial charge in [-0.3, -0.25) is 4.99 Å². The van der Waals surface area contributed by atoms with Crippen LogP contribution in [-0.4, -0.2) is 24.8 Å². The van der Waals surface area contributed by atoms with E-state index in [9.17, 15) is 8.78 Å². The van der Waals surface area contributed by atoms with Gasteiger partial charge in [0.05, 0.1) is 18.4 Å². The lowest BCUT2D eigenvalue weighted by Crippen LogP contribution is -2.44. The van der Waals surface area contributed by atoms with Crippen LogP contribution in [0.3, 0.4) is 0 Å². The first kappa shape index (κ1) is 8.43. The van der Waals surface area contributed by atoms with E-state index in [1.165, 1.54) is 6.34 Å². The third kappa shape index (κ3) is 1.88. The van der Waals surface area contributed by atoms with Crippen molar-refractivity contribution in [2.75, 3.05) is 6.54 Å². The zero-order valence-electron chi connectivity index (χ0n) is 6.48. The van der Waals surface area contributed by atoms with E-state index >= 15 is 0 Å². The standard InChI is InChI=1S/C7H12F2N2/c1-2-7(3-6(8)9)4-10-5-11-7/h5-6H,2-4H2,1H3,(H,10,11). The van der Waals surface area contributed by atoms with Crippen LogP contribution in [0.4, 0.5) is 8.78 Å². The van der Waals surface area contributed by atoms with Crippen molar-refractivity contribution in [3.8, 4) is 0 Å². The second kappa shape index (κ2) is 3.15. The summed E-state index contributed by atoms with van der Waals surface area (Å²) in [5.41, 5.74) is -0.464. The van der Waals surface area contributed by atoms with Crippen molar-refractivity contribution in [3.05, 3.63) is 0 Å². The number of halogens is 2. The first-order valence-electron chi connectivity index (χ1n) is 3.73. The third-order valence-electron chi connectivity index (χ3n) is 2.08. The second-order valence-electron chi connectivity index (χ2n) is 2.84. The summed E-state index contributed by atoms with van der Waals surface area (Å²) in [7, 11) is 0. The van der Waals surface area contributed by atoms with Gasteiger partial charge in [-0.25, -0.2) is 8.78 Å². The lowest BCUT2D eigenvalue weighted by atomic mass is 9.93. The molecule has 1 atom stereocenters. The molecule has 1 aliphatic rings. The fraction of sp³-hybridized carbons (Fsp3) is 0.857. The number of hydrogen-bond acceptors (Lipinski definition) is 2. The number of rotatable bonds is 3. The van der Waals surface area contributed by atoms with E-state index in [1.807, 2.05) is 6.92 Å². The van der Waals surface area contributed by atoms with Crippen molar-refractivity contribution in [1.29, 1.82) is 0 Å². The van der Waals surface area contributed by atoms with Gasteiger partial charge in [-0.15, -0.1) is 0 Å². The SMILES string of the molecule is CCC1(CC(F)F)CN=CN1. The largest absolute Gasteiger partial charge is 0.369 e. The molecule has 0 bridgehead atoms. The maximum Gasteiger partial charge on any atom is 0.240 e. The van der Waals surface area contributed by atoms with Crippen LogP contribution in [0.15, 0.2) is 4.99 Å². The number of alkyl halides is 2. The normalized spacial score (nSPS) is 29.5. The van der Waals surface area contributed by atoms with Gasteiger partial charge in [-0.1, -0.05) is 6.92 Å². The smallest absolute Gasteiger partial charge is 0.240 e. The van der Waals surface area contributed by atoms with Crippen molar-refractivity contribution in [2.45, 2.75) is 31.7 Å². The minimum Gasteiger partial charge on any atom is -0.369 e. The lowest BCUT2D eigenvalue weighted by Gasteiger charge is -2.26. The first-order chi connectivity index (χ1) is 5.18. The summed E-state index contributed by atoms with van der Waals surface area (Å²) in [6, 6.07) is 0. The quantitative estimate of drug-likeness (QED) is 0.666. The minimum absolute atomic E-state index is 0.108. The molecule has 64 valence electrons. The summed E-state index contributed by atoms with van der Waals surface area (Å²) < 4.78 is 24.0. The monoisotopic (exact) mass is 162 g/mol. The Balaban J connectivity index is 2.48. The van der Waals surface area contributed by atoms with E-state index in [1.54, 1.807) is 0 Å². The lowest BCUT2D eigenvalue weighted by molar-refractivity contribution is 0.101. The summed E-state index contributed by atoms with van der Waals surface area (Å²) >= 11 is 0. The van der Waals surface area contributed by atoms with Crippen LogP contribution in [0.5, 0.6) is 0 Å². The summed E-state index contributed by atoms with van der Waals surface area (Å²) in [4.78, 5) is 3.89. The topological polar surface area (TPSA) is 24.4 Å². The van der Waals surface area contributed by atoms with E-state index in [2.05, 4.69) is 10.3 Å². The van der Waals surface area contributed by atoms with Gasteiger partial charge >= 0.3 is 0 Å². The van der Waals surface area contributed by atoms with Gasteiger partial charge < -0.3 is 5.32 Å². The number of nitrogens with zero attached hydrogens (tertiary/aromatic N) is 1. The van der Waals surface area contributed by atoms with Gasteiger partial charge in [0, 0.05) is 6.42 Å². The average molecular weight is 162 g/mol. The van der Waals surface area contributed by atoms with Crippen LogP contribution in [0.2, 0.25) is 0 Å². The second-order valence-corrected chi connectivity index (χ2v) is 2.84. The molecule has 2 nitrogen and oxygen atoms in total. The van der Waals surface area contributed by atoms with Gasteiger partial charge in [-0.2, -0.15) is 0 Å². The molecule has 0 amide bonds. The molecule has 0 aliphatic carbocycles. The summed E-state index contributed by atoms with van der Waals surface area (Å²) in [6.45, 7) is 2.37. The minimum atomic E-state index is -2.25. The molecular formula is C7H12F2N2. The maximum absolute atomic E-state index is 12.0. The Bertz CT molecular complexity index is 149. The maximum atomic E-state index is 12.0. The van der Waals surface area contributed by atoms with E-state index in [4.69, 9.17) is 0 Å². The molecule has 1 aliphatic heterocycles. The summed E-state index contributed by atoms with van der Waals surface area (Å²) in [5, 5.41) is 2.88. The Kier molecular flexibility index (Phi) is 2.42. The predicted molar refractivity (Wildman–Crippen MR) is 40.1 cm³/mol. The van der Waals surface area contributed by atoms with Crippen LogP contribution in [0, 0.1) is 0 Å². The molecule has 1 rings (SSSR count). The third-order valence-corrected chi connectivity index (χ3v) is 2.08. The van der Waals surface area contributed by atoms with Crippen LogP contribution < -0.4 is 5.32 Å². The molecule has 0 aromatic carbocycles. The predicted octanol–water partition coefficient (Wildman–Crippen LogP) is 1.42. The Hall–Kier alpha value is -0.670. The van der Waals surface area contributed by atoms with Gasteiger partial charge in [-0.05, 0) is 6.42 Å².